The van der Waals surface area contributed by atoms with Gasteiger partial charge in [-0.3, -0.25) is 4.79 Å². The zero-order valence-corrected chi connectivity index (χ0v) is 12.7. The fraction of sp³-hybridized carbons (Fsp3) is 0.588. The van der Waals surface area contributed by atoms with Gasteiger partial charge in [-0.25, -0.2) is 0 Å². The molecule has 1 saturated heterocycles. The summed E-state index contributed by atoms with van der Waals surface area (Å²) < 4.78 is 5.62. The number of nitrogens with one attached hydrogen (secondary N) is 1. The van der Waals surface area contributed by atoms with Crippen molar-refractivity contribution in [1.29, 1.82) is 0 Å². The van der Waals surface area contributed by atoms with E-state index < -0.39 is 0 Å². The number of anilines is 1. The monoisotopic (exact) mass is 288 g/mol. The molecule has 1 atom stereocenters. The van der Waals surface area contributed by atoms with Gasteiger partial charge in [-0.05, 0) is 49.9 Å². The van der Waals surface area contributed by atoms with Crippen LogP contribution in [0, 0.1) is 11.8 Å². The van der Waals surface area contributed by atoms with Crippen LogP contribution in [-0.2, 0) is 4.79 Å². The Morgan fingerprint density at radius 3 is 2.95 bits per heavy atom. The largest absolute Gasteiger partial charge is 0.490 e. The van der Waals surface area contributed by atoms with Crippen LogP contribution in [0.15, 0.2) is 24.3 Å². The molecule has 1 aromatic carbocycles. The van der Waals surface area contributed by atoms with E-state index in [4.69, 9.17) is 4.74 Å². The summed E-state index contributed by atoms with van der Waals surface area (Å²) in [6.07, 6.45) is 3.02. The summed E-state index contributed by atoms with van der Waals surface area (Å²) >= 11 is 0. The van der Waals surface area contributed by atoms with Crippen molar-refractivity contribution in [2.45, 2.75) is 26.2 Å². The van der Waals surface area contributed by atoms with Crippen LogP contribution in [-0.4, -0.2) is 32.1 Å². The average molecular weight is 288 g/mol. The number of hydrogen-bond donors (Lipinski definition) is 1. The molecule has 2 heterocycles. The van der Waals surface area contributed by atoms with Crippen LogP contribution in [0.5, 0.6) is 5.75 Å². The predicted octanol–water partition coefficient (Wildman–Crippen LogP) is 2.44. The maximum absolute atomic E-state index is 12.7. The Morgan fingerprint density at radius 2 is 2.14 bits per heavy atom. The van der Waals surface area contributed by atoms with Crippen LogP contribution < -0.4 is 15.0 Å². The predicted molar refractivity (Wildman–Crippen MR) is 83.7 cm³/mol. The van der Waals surface area contributed by atoms with E-state index in [-0.39, 0.29) is 5.91 Å². The lowest BCUT2D eigenvalue weighted by molar-refractivity contribution is -0.120. The van der Waals surface area contributed by atoms with Crippen molar-refractivity contribution in [2.75, 3.05) is 31.1 Å². The summed E-state index contributed by atoms with van der Waals surface area (Å²) in [4.78, 5) is 14.6. The van der Waals surface area contributed by atoms with Gasteiger partial charge in [0, 0.05) is 6.42 Å². The maximum Gasteiger partial charge on any atom is 0.227 e. The van der Waals surface area contributed by atoms with Crippen molar-refractivity contribution in [1.82, 2.24) is 5.32 Å². The Kier molecular flexibility index (Phi) is 4.44. The topological polar surface area (TPSA) is 41.6 Å². The first-order chi connectivity index (χ1) is 10.3. The lowest BCUT2D eigenvalue weighted by Crippen LogP contribution is -2.40. The van der Waals surface area contributed by atoms with Crippen molar-refractivity contribution >= 4 is 11.6 Å². The number of benzene rings is 1. The number of rotatable bonds is 3. The van der Waals surface area contributed by atoms with E-state index in [0.29, 0.717) is 31.4 Å². The smallest absolute Gasteiger partial charge is 0.227 e. The second-order valence-electron chi connectivity index (χ2n) is 6.13. The fourth-order valence-electron chi connectivity index (χ4n) is 3.39. The molecule has 2 aliphatic rings. The number of piperidine rings is 1. The van der Waals surface area contributed by atoms with Gasteiger partial charge in [0.25, 0.3) is 0 Å². The molecule has 0 saturated carbocycles. The van der Waals surface area contributed by atoms with Gasteiger partial charge in [0.1, 0.15) is 12.4 Å². The molecule has 0 aliphatic carbocycles. The molecule has 1 amide bonds. The standard InChI is InChI=1S/C17H24N2O2/c1-13(14-6-8-18-9-7-14)12-17(20)19-10-11-21-16-5-3-2-4-15(16)19/h2-5,13-14,18H,6-12H2,1H3. The lowest BCUT2D eigenvalue weighted by Gasteiger charge is -2.32. The number of nitrogens with zero attached hydrogens (tertiary/aromatic N) is 1. The van der Waals surface area contributed by atoms with Gasteiger partial charge in [-0.2, -0.15) is 0 Å². The quantitative estimate of drug-likeness (QED) is 0.929. The van der Waals surface area contributed by atoms with Gasteiger partial charge < -0.3 is 15.0 Å². The van der Waals surface area contributed by atoms with Gasteiger partial charge in [0.2, 0.25) is 5.91 Å². The Labute approximate surface area is 126 Å². The molecule has 1 aromatic rings. The average Bonchev–Trinajstić information content (AvgIpc) is 2.55. The first kappa shape index (κ1) is 14.4. The summed E-state index contributed by atoms with van der Waals surface area (Å²) in [5.74, 6) is 2.18. The highest BCUT2D eigenvalue weighted by Crippen LogP contribution is 2.33. The highest BCUT2D eigenvalue weighted by Gasteiger charge is 2.27. The molecule has 1 N–H and O–H groups in total. The van der Waals surface area contributed by atoms with E-state index >= 15 is 0 Å². The van der Waals surface area contributed by atoms with E-state index in [1.54, 1.807) is 0 Å². The van der Waals surface area contributed by atoms with Crippen molar-refractivity contribution in [3.63, 3.8) is 0 Å². The van der Waals surface area contributed by atoms with E-state index in [1.165, 1.54) is 12.8 Å². The Hall–Kier alpha value is -1.55. The third-order valence-electron chi connectivity index (χ3n) is 4.71. The first-order valence-electron chi connectivity index (χ1n) is 7.98. The van der Waals surface area contributed by atoms with Gasteiger partial charge in [-0.1, -0.05) is 19.1 Å². The molecule has 4 heteroatoms. The van der Waals surface area contributed by atoms with Crippen molar-refractivity contribution in [3.8, 4) is 5.75 Å². The zero-order valence-electron chi connectivity index (χ0n) is 12.7. The maximum atomic E-state index is 12.7. The van der Waals surface area contributed by atoms with Gasteiger partial charge in [0.05, 0.1) is 12.2 Å². The van der Waals surface area contributed by atoms with Gasteiger partial charge in [0.15, 0.2) is 0 Å². The van der Waals surface area contributed by atoms with E-state index in [2.05, 4.69) is 12.2 Å². The number of amides is 1. The number of fused-ring (bicyclic) bond motifs is 1. The minimum Gasteiger partial charge on any atom is -0.490 e. The molecule has 114 valence electrons. The Bertz CT molecular complexity index is 497. The number of hydrogen-bond acceptors (Lipinski definition) is 3. The number of para-hydroxylation sites is 2. The molecular weight excluding hydrogens is 264 g/mol. The normalized spacial score (nSPS) is 20.5. The third-order valence-corrected chi connectivity index (χ3v) is 4.71. The van der Waals surface area contributed by atoms with Crippen molar-refractivity contribution in [2.24, 2.45) is 11.8 Å². The highest BCUT2D eigenvalue weighted by molar-refractivity contribution is 5.95. The second-order valence-corrected chi connectivity index (χ2v) is 6.13. The summed E-state index contributed by atoms with van der Waals surface area (Å²) in [6, 6.07) is 7.82. The SMILES string of the molecule is CC(CC(=O)N1CCOc2ccccc21)C1CCNCC1. The van der Waals surface area contributed by atoms with Crippen LogP contribution in [0.4, 0.5) is 5.69 Å². The number of ether oxygens (including phenoxy) is 1. The zero-order chi connectivity index (χ0) is 14.7. The van der Waals surface area contributed by atoms with Crippen molar-refractivity contribution in [3.05, 3.63) is 24.3 Å². The molecule has 21 heavy (non-hydrogen) atoms. The van der Waals surface area contributed by atoms with Crippen LogP contribution >= 0.6 is 0 Å². The van der Waals surface area contributed by atoms with Gasteiger partial charge >= 0.3 is 0 Å². The van der Waals surface area contributed by atoms with E-state index in [0.717, 1.165) is 24.5 Å². The van der Waals surface area contributed by atoms with E-state index in [9.17, 15) is 4.79 Å². The molecular formula is C17H24N2O2. The molecule has 0 spiro atoms. The molecule has 2 aliphatic heterocycles. The summed E-state index contributed by atoms with van der Waals surface area (Å²) in [5.41, 5.74) is 0.922. The second kappa shape index (κ2) is 6.48. The molecule has 0 aromatic heterocycles. The van der Waals surface area contributed by atoms with Crippen molar-refractivity contribution < 1.29 is 9.53 Å². The Balaban J connectivity index is 1.66. The lowest BCUT2D eigenvalue weighted by atomic mass is 9.84. The molecule has 4 nitrogen and oxygen atoms in total. The molecule has 1 unspecified atom stereocenters. The van der Waals surface area contributed by atoms with Crippen LogP contribution in [0.2, 0.25) is 0 Å². The van der Waals surface area contributed by atoms with Crippen LogP contribution in [0.3, 0.4) is 0 Å². The highest BCUT2D eigenvalue weighted by atomic mass is 16.5. The van der Waals surface area contributed by atoms with Crippen LogP contribution in [0.25, 0.3) is 0 Å². The number of carbonyl (C=O) groups excluding carboxylic acids is 1. The Morgan fingerprint density at radius 1 is 1.38 bits per heavy atom. The first-order valence-corrected chi connectivity index (χ1v) is 7.98. The van der Waals surface area contributed by atoms with Gasteiger partial charge in [-0.15, -0.1) is 0 Å². The summed E-state index contributed by atoms with van der Waals surface area (Å²) in [7, 11) is 0. The third kappa shape index (κ3) is 3.21. The molecule has 0 radical (unpaired) electrons. The van der Waals surface area contributed by atoms with E-state index in [1.807, 2.05) is 29.2 Å². The fourth-order valence-corrected chi connectivity index (χ4v) is 3.39. The molecule has 3 rings (SSSR count). The molecule has 1 fully saturated rings. The summed E-state index contributed by atoms with van der Waals surface area (Å²) in [5, 5.41) is 3.39. The minimum absolute atomic E-state index is 0.233. The van der Waals surface area contributed by atoms with Crippen LogP contribution in [0.1, 0.15) is 26.2 Å². The number of carbonyl (C=O) groups is 1. The minimum atomic E-state index is 0.233. The summed E-state index contributed by atoms with van der Waals surface area (Å²) in [6.45, 7) is 5.65. The molecule has 0 bridgehead atoms.